The van der Waals surface area contributed by atoms with Crippen molar-refractivity contribution in [2.24, 2.45) is 0 Å². The third-order valence-corrected chi connectivity index (χ3v) is 2.74. The largest absolute Gasteiger partial charge is 0.387 e. The summed E-state index contributed by atoms with van der Waals surface area (Å²) in [7, 11) is 0. The first-order chi connectivity index (χ1) is 8.14. The van der Waals surface area contributed by atoms with E-state index in [-0.39, 0.29) is 6.42 Å². The highest BCUT2D eigenvalue weighted by Gasteiger charge is 2.42. The van der Waals surface area contributed by atoms with Gasteiger partial charge in [-0.1, -0.05) is 30.3 Å². The quantitative estimate of drug-likeness (QED) is 0.879. The number of halogens is 2. The average Bonchev–Trinajstić information content (AvgIpc) is 2.80. The standard InChI is InChI=1S/C12H14F2O3/c13-11(14)10(15)8-12(16-6-7-17-12)9-4-2-1-3-5-9/h1-5,10-11,15H,6-8H2. The molecule has 0 aliphatic carbocycles. The van der Waals surface area contributed by atoms with Gasteiger partial charge >= 0.3 is 0 Å². The van der Waals surface area contributed by atoms with E-state index >= 15 is 0 Å². The molecule has 1 aliphatic rings. The lowest BCUT2D eigenvalue weighted by molar-refractivity contribution is -0.197. The van der Waals surface area contributed by atoms with E-state index in [0.717, 1.165) is 0 Å². The lowest BCUT2D eigenvalue weighted by Crippen LogP contribution is -2.35. The molecule has 1 aliphatic heterocycles. The van der Waals surface area contributed by atoms with Crippen molar-refractivity contribution in [2.75, 3.05) is 13.2 Å². The Bertz CT molecular complexity index is 350. The van der Waals surface area contributed by atoms with Crippen molar-refractivity contribution in [1.29, 1.82) is 0 Å². The van der Waals surface area contributed by atoms with Crippen LogP contribution in [0.15, 0.2) is 30.3 Å². The van der Waals surface area contributed by atoms with Crippen LogP contribution in [0.3, 0.4) is 0 Å². The van der Waals surface area contributed by atoms with Gasteiger partial charge in [-0.15, -0.1) is 0 Å². The molecule has 17 heavy (non-hydrogen) atoms. The first-order valence-corrected chi connectivity index (χ1v) is 5.44. The maximum atomic E-state index is 12.4. The molecule has 2 rings (SSSR count). The summed E-state index contributed by atoms with van der Waals surface area (Å²) in [5, 5.41) is 9.30. The predicted octanol–water partition coefficient (Wildman–Crippen LogP) is 1.90. The Morgan fingerprint density at radius 1 is 1.18 bits per heavy atom. The van der Waals surface area contributed by atoms with Crippen LogP contribution in [0.5, 0.6) is 0 Å². The van der Waals surface area contributed by atoms with Crippen molar-refractivity contribution in [3.63, 3.8) is 0 Å². The lowest BCUT2D eigenvalue weighted by atomic mass is 9.99. The Hall–Kier alpha value is -1.04. The third-order valence-electron chi connectivity index (χ3n) is 2.74. The summed E-state index contributed by atoms with van der Waals surface area (Å²) in [5.74, 6) is -1.24. The molecule has 3 nitrogen and oxygen atoms in total. The number of aliphatic hydroxyl groups excluding tert-OH is 1. The van der Waals surface area contributed by atoms with Gasteiger partial charge in [-0.05, 0) is 0 Å². The maximum absolute atomic E-state index is 12.4. The number of hydrogen-bond donors (Lipinski definition) is 1. The molecule has 0 aromatic heterocycles. The first-order valence-electron chi connectivity index (χ1n) is 5.44. The van der Waals surface area contributed by atoms with Crippen LogP contribution in [0.25, 0.3) is 0 Å². The van der Waals surface area contributed by atoms with E-state index < -0.39 is 18.3 Å². The van der Waals surface area contributed by atoms with Gasteiger partial charge in [0, 0.05) is 12.0 Å². The molecular formula is C12H14F2O3. The Kier molecular flexibility index (Phi) is 3.71. The van der Waals surface area contributed by atoms with Crippen LogP contribution in [-0.4, -0.2) is 30.8 Å². The molecule has 0 radical (unpaired) electrons. The second-order valence-corrected chi connectivity index (χ2v) is 3.92. The van der Waals surface area contributed by atoms with Gasteiger partial charge in [-0.25, -0.2) is 8.78 Å². The Morgan fingerprint density at radius 2 is 1.76 bits per heavy atom. The summed E-state index contributed by atoms with van der Waals surface area (Å²) in [6, 6.07) is 8.84. The molecule has 0 amide bonds. The van der Waals surface area contributed by atoms with Crippen molar-refractivity contribution in [1.82, 2.24) is 0 Å². The van der Waals surface area contributed by atoms with Crippen LogP contribution >= 0.6 is 0 Å². The molecule has 1 N–H and O–H groups in total. The monoisotopic (exact) mass is 244 g/mol. The Balaban J connectivity index is 2.21. The summed E-state index contributed by atoms with van der Waals surface area (Å²) in [4.78, 5) is 0. The maximum Gasteiger partial charge on any atom is 0.264 e. The van der Waals surface area contributed by atoms with E-state index in [2.05, 4.69) is 0 Å². The van der Waals surface area contributed by atoms with Crippen molar-refractivity contribution in [3.8, 4) is 0 Å². The summed E-state index contributed by atoms with van der Waals surface area (Å²) >= 11 is 0. The number of aliphatic hydroxyl groups is 1. The summed E-state index contributed by atoms with van der Waals surface area (Å²) in [5.41, 5.74) is 0.650. The van der Waals surface area contributed by atoms with E-state index in [1.807, 2.05) is 6.07 Å². The van der Waals surface area contributed by atoms with Gasteiger partial charge in [0.2, 0.25) is 0 Å². The first kappa shape index (κ1) is 12.4. The zero-order valence-corrected chi connectivity index (χ0v) is 9.18. The summed E-state index contributed by atoms with van der Waals surface area (Å²) < 4.78 is 35.7. The van der Waals surface area contributed by atoms with Gasteiger partial charge in [0.1, 0.15) is 6.10 Å². The normalized spacial score (nSPS) is 20.7. The molecule has 1 heterocycles. The van der Waals surface area contributed by atoms with E-state index in [9.17, 15) is 13.9 Å². The van der Waals surface area contributed by atoms with Crippen LogP contribution in [0.2, 0.25) is 0 Å². The minimum absolute atomic E-state index is 0.269. The van der Waals surface area contributed by atoms with Crippen LogP contribution < -0.4 is 0 Å². The van der Waals surface area contributed by atoms with E-state index in [0.29, 0.717) is 18.8 Å². The van der Waals surface area contributed by atoms with E-state index in [1.54, 1.807) is 24.3 Å². The second-order valence-electron chi connectivity index (χ2n) is 3.92. The topological polar surface area (TPSA) is 38.7 Å². The Morgan fingerprint density at radius 3 is 2.29 bits per heavy atom. The molecule has 1 unspecified atom stereocenters. The van der Waals surface area contributed by atoms with Crippen LogP contribution in [0.4, 0.5) is 8.78 Å². The number of alkyl halides is 2. The van der Waals surface area contributed by atoms with Crippen LogP contribution in [0.1, 0.15) is 12.0 Å². The molecule has 1 aromatic rings. The molecule has 0 spiro atoms. The number of hydrogen-bond acceptors (Lipinski definition) is 3. The number of rotatable bonds is 4. The highest BCUT2D eigenvalue weighted by molar-refractivity contribution is 5.21. The average molecular weight is 244 g/mol. The molecular weight excluding hydrogens is 230 g/mol. The molecule has 94 valence electrons. The molecule has 1 atom stereocenters. The predicted molar refractivity (Wildman–Crippen MR) is 56.7 cm³/mol. The smallest absolute Gasteiger partial charge is 0.264 e. The van der Waals surface area contributed by atoms with Gasteiger partial charge < -0.3 is 14.6 Å². The fourth-order valence-corrected chi connectivity index (χ4v) is 1.91. The van der Waals surface area contributed by atoms with Gasteiger partial charge in [0.15, 0.2) is 5.79 Å². The fraction of sp³-hybridized carbons (Fsp3) is 0.500. The minimum atomic E-state index is -2.80. The lowest BCUT2D eigenvalue weighted by Gasteiger charge is -2.29. The van der Waals surface area contributed by atoms with Crippen molar-refractivity contribution in [2.45, 2.75) is 24.7 Å². The highest BCUT2D eigenvalue weighted by atomic mass is 19.3. The zero-order valence-electron chi connectivity index (χ0n) is 9.18. The van der Waals surface area contributed by atoms with Crippen LogP contribution in [-0.2, 0) is 15.3 Å². The third kappa shape index (κ3) is 2.62. The summed E-state index contributed by atoms with van der Waals surface area (Å²) in [6.45, 7) is 0.676. The minimum Gasteiger partial charge on any atom is -0.387 e. The molecule has 1 aromatic carbocycles. The zero-order chi connectivity index (χ0) is 12.3. The van der Waals surface area contributed by atoms with Crippen molar-refractivity contribution >= 4 is 0 Å². The summed E-state index contributed by atoms with van der Waals surface area (Å²) in [6.07, 6.45) is -4.83. The molecule has 5 heteroatoms. The molecule has 0 saturated carbocycles. The van der Waals surface area contributed by atoms with E-state index in [1.165, 1.54) is 0 Å². The van der Waals surface area contributed by atoms with E-state index in [4.69, 9.17) is 9.47 Å². The van der Waals surface area contributed by atoms with Gasteiger partial charge in [-0.3, -0.25) is 0 Å². The Labute approximate surface area is 98.0 Å². The fourth-order valence-electron chi connectivity index (χ4n) is 1.91. The SMILES string of the molecule is OC(CC1(c2ccccc2)OCCO1)C(F)F. The van der Waals surface area contributed by atoms with Gasteiger partial charge in [0.25, 0.3) is 6.43 Å². The van der Waals surface area contributed by atoms with Crippen LogP contribution in [0, 0.1) is 0 Å². The number of benzene rings is 1. The van der Waals surface area contributed by atoms with Crippen molar-refractivity contribution < 1.29 is 23.4 Å². The molecule has 1 fully saturated rings. The molecule has 1 saturated heterocycles. The second kappa shape index (κ2) is 5.08. The van der Waals surface area contributed by atoms with Crippen molar-refractivity contribution in [3.05, 3.63) is 35.9 Å². The highest BCUT2D eigenvalue weighted by Crippen LogP contribution is 2.36. The van der Waals surface area contributed by atoms with Gasteiger partial charge in [0.05, 0.1) is 13.2 Å². The molecule has 0 bridgehead atoms. The van der Waals surface area contributed by atoms with Gasteiger partial charge in [-0.2, -0.15) is 0 Å². The number of ether oxygens (including phenoxy) is 2.